The summed E-state index contributed by atoms with van der Waals surface area (Å²) in [6, 6.07) is 13.8. The first-order valence-corrected chi connectivity index (χ1v) is 9.35. The van der Waals surface area contributed by atoms with Gasteiger partial charge in [-0.1, -0.05) is 12.1 Å². The quantitative estimate of drug-likeness (QED) is 0.894. The van der Waals surface area contributed by atoms with Crippen molar-refractivity contribution in [2.24, 2.45) is 0 Å². The molecule has 2 aliphatic heterocycles. The zero-order valence-electron chi connectivity index (χ0n) is 15.8. The van der Waals surface area contributed by atoms with E-state index in [0.29, 0.717) is 6.61 Å². The molecule has 6 heteroatoms. The normalized spacial score (nSPS) is 18.7. The molecule has 6 nitrogen and oxygen atoms in total. The second-order valence-electron chi connectivity index (χ2n) is 7.01. The lowest BCUT2D eigenvalue weighted by atomic mass is 10.0. The van der Waals surface area contributed by atoms with Crippen molar-refractivity contribution < 1.29 is 14.3 Å². The molecule has 2 aromatic rings. The highest BCUT2D eigenvalue weighted by atomic mass is 16.5. The number of likely N-dealkylation sites (N-methyl/N-ethyl adjacent to an activating group) is 1. The van der Waals surface area contributed by atoms with Crippen LogP contribution in [0.4, 0.5) is 16.2 Å². The molecule has 2 amide bonds. The number of anilines is 2. The van der Waals surface area contributed by atoms with Crippen molar-refractivity contribution in [3.05, 3.63) is 48.0 Å². The minimum absolute atomic E-state index is 0.0624. The van der Waals surface area contributed by atoms with E-state index in [1.54, 1.807) is 7.11 Å². The molecule has 0 radical (unpaired) electrons. The zero-order valence-corrected chi connectivity index (χ0v) is 15.8. The number of nitrogens with zero attached hydrogens (tertiary/aromatic N) is 2. The van der Waals surface area contributed by atoms with Gasteiger partial charge in [-0.25, -0.2) is 4.79 Å². The van der Waals surface area contributed by atoms with Crippen LogP contribution in [0.25, 0.3) is 0 Å². The molecule has 0 bridgehead atoms. The van der Waals surface area contributed by atoms with Crippen molar-refractivity contribution in [2.45, 2.75) is 18.9 Å². The third kappa shape index (κ3) is 3.52. The predicted octanol–water partition coefficient (Wildman–Crippen LogP) is 3.89. The number of nitrogens with one attached hydrogen (secondary N) is 1. The van der Waals surface area contributed by atoms with E-state index >= 15 is 0 Å². The summed E-state index contributed by atoms with van der Waals surface area (Å²) in [6.45, 7) is 2.29. The Balaban J connectivity index is 1.49. The summed E-state index contributed by atoms with van der Waals surface area (Å²) < 4.78 is 10.9. The molecular formula is C21H25N3O3. The predicted molar refractivity (Wildman–Crippen MR) is 106 cm³/mol. The Labute approximate surface area is 159 Å². The molecule has 1 atom stereocenters. The molecule has 0 spiro atoms. The highest BCUT2D eigenvalue weighted by molar-refractivity contribution is 5.91. The van der Waals surface area contributed by atoms with E-state index in [9.17, 15) is 4.79 Å². The van der Waals surface area contributed by atoms with Gasteiger partial charge in [0, 0.05) is 19.3 Å². The number of rotatable bonds is 3. The van der Waals surface area contributed by atoms with Crippen LogP contribution in [0.2, 0.25) is 0 Å². The molecule has 1 unspecified atom stereocenters. The SMILES string of the molecule is COc1ccc(C2CCCN2C(=O)Nc2ccc3c(c2)N(C)CCO3)cc1. The average molecular weight is 367 g/mol. The largest absolute Gasteiger partial charge is 0.497 e. The molecule has 0 aliphatic carbocycles. The van der Waals surface area contributed by atoms with Gasteiger partial charge in [-0.3, -0.25) is 0 Å². The second-order valence-corrected chi connectivity index (χ2v) is 7.01. The Morgan fingerprint density at radius 1 is 1.19 bits per heavy atom. The maximum absolute atomic E-state index is 12.9. The molecule has 142 valence electrons. The minimum Gasteiger partial charge on any atom is -0.497 e. The lowest BCUT2D eigenvalue weighted by Crippen LogP contribution is -2.34. The van der Waals surface area contributed by atoms with Crippen LogP contribution in [0.15, 0.2) is 42.5 Å². The summed E-state index contributed by atoms with van der Waals surface area (Å²) in [4.78, 5) is 17.0. The molecule has 2 heterocycles. The van der Waals surface area contributed by atoms with Crippen molar-refractivity contribution in [3.8, 4) is 11.5 Å². The van der Waals surface area contributed by atoms with Crippen molar-refractivity contribution in [2.75, 3.05) is 44.1 Å². The standard InChI is InChI=1S/C21H25N3O3/c1-23-12-13-27-20-10-7-16(14-19(20)23)22-21(25)24-11-3-4-18(24)15-5-8-17(26-2)9-6-15/h5-10,14,18H,3-4,11-13H2,1-2H3,(H,22,25). The number of methoxy groups -OCH3 is 1. The maximum atomic E-state index is 12.9. The van der Waals surface area contributed by atoms with Crippen LogP contribution in [-0.2, 0) is 0 Å². The van der Waals surface area contributed by atoms with Crippen molar-refractivity contribution in [1.29, 1.82) is 0 Å². The van der Waals surface area contributed by atoms with Gasteiger partial charge >= 0.3 is 6.03 Å². The number of carbonyl (C=O) groups excluding carboxylic acids is 1. The van der Waals surface area contributed by atoms with Crippen LogP contribution >= 0.6 is 0 Å². The summed E-state index contributed by atoms with van der Waals surface area (Å²) in [5.74, 6) is 1.69. The summed E-state index contributed by atoms with van der Waals surface area (Å²) in [6.07, 6.45) is 1.98. The first-order chi connectivity index (χ1) is 13.2. The van der Waals surface area contributed by atoms with Gasteiger partial charge in [0.1, 0.15) is 18.1 Å². The van der Waals surface area contributed by atoms with Crippen LogP contribution in [-0.4, -0.2) is 44.8 Å². The highest BCUT2D eigenvalue weighted by Crippen LogP contribution is 2.35. The van der Waals surface area contributed by atoms with E-state index < -0.39 is 0 Å². The summed E-state index contributed by atoms with van der Waals surface area (Å²) in [5.41, 5.74) is 2.94. The molecule has 1 fully saturated rings. The maximum Gasteiger partial charge on any atom is 0.322 e. The van der Waals surface area contributed by atoms with E-state index in [1.165, 1.54) is 0 Å². The van der Waals surface area contributed by atoms with Crippen LogP contribution < -0.4 is 19.7 Å². The van der Waals surface area contributed by atoms with Gasteiger partial charge in [0.15, 0.2) is 0 Å². The van der Waals surface area contributed by atoms with E-state index in [4.69, 9.17) is 9.47 Å². The van der Waals surface area contributed by atoms with E-state index in [2.05, 4.69) is 10.2 Å². The van der Waals surface area contributed by atoms with Crippen LogP contribution in [0.1, 0.15) is 24.4 Å². The van der Waals surface area contributed by atoms with Crippen molar-refractivity contribution in [1.82, 2.24) is 4.90 Å². The monoisotopic (exact) mass is 367 g/mol. The fourth-order valence-electron chi connectivity index (χ4n) is 3.81. The Bertz CT molecular complexity index is 822. The van der Waals surface area contributed by atoms with Crippen LogP contribution in [0, 0.1) is 0 Å². The van der Waals surface area contributed by atoms with E-state index in [0.717, 1.165) is 54.4 Å². The topological polar surface area (TPSA) is 54.0 Å². The van der Waals surface area contributed by atoms with Crippen LogP contribution in [0.5, 0.6) is 11.5 Å². The highest BCUT2D eigenvalue weighted by Gasteiger charge is 2.30. The summed E-state index contributed by atoms with van der Waals surface area (Å²) >= 11 is 0. The fourth-order valence-corrected chi connectivity index (χ4v) is 3.81. The number of likely N-dealkylation sites (tertiary alicyclic amines) is 1. The Kier molecular flexibility index (Phi) is 4.79. The molecule has 1 saturated heterocycles. The molecule has 2 aliphatic rings. The van der Waals surface area contributed by atoms with Gasteiger partial charge in [0.25, 0.3) is 0 Å². The first-order valence-electron chi connectivity index (χ1n) is 9.35. The number of carbonyl (C=O) groups is 1. The number of ether oxygens (including phenoxy) is 2. The molecule has 0 saturated carbocycles. The van der Waals surface area contributed by atoms with Gasteiger partial charge in [-0.15, -0.1) is 0 Å². The van der Waals surface area contributed by atoms with E-state index in [1.807, 2.05) is 54.4 Å². The smallest absolute Gasteiger partial charge is 0.322 e. The van der Waals surface area contributed by atoms with Gasteiger partial charge in [-0.05, 0) is 48.7 Å². The van der Waals surface area contributed by atoms with E-state index in [-0.39, 0.29) is 12.1 Å². The summed E-state index contributed by atoms with van der Waals surface area (Å²) in [5, 5.41) is 3.06. The Morgan fingerprint density at radius 2 is 2.00 bits per heavy atom. The summed E-state index contributed by atoms with van der Waals surface area (Å²) in [7, 11) is 3.69. The van der Waals surface area contributed by atoms with Gasteiger partial charge in [0.05, 0.1) is 25.4 Å². The third-order valence-electron chi connectivity index (χ3n) is 5.32. The molecule has 1 N–H and O–H groups in total. The Morgan fingerprint density at radius 3 is 2.78 bits per heavy atom. The number of fused-ring (bicyclic) bond motifs is 1. The van der Waals surface area contributed by atoms with Crippen molar-refractivity contribution in [3.63, 3.8) is 0 Å². The van der Waals surface area contributed by atoms with Gasteiger partial charge in [-0.2, -0.15) is 0 Å². The molecule has 2 aromatic carbocycles. The lowest BCUT2D eigenvalue weighted by molar-refractivity contribution is 0.207. The number of hydrogen-bond donors (Lipinski definition) is 1. The van der Waals surface area contributed by atoms with Crippen molar-refractivity contribution >= 4 is 17.4 Å². The van der Waals surface area contributed by atoms with Gasteiger partial charge < -0.3 is 24.6 Å². The molecule has 27 heavy (non-hydrogen) atoms. The van der Waals surface area contributed by atoms with Crippen LogP contribution in [0.3, 0.4) is 0 Å². The number of amides is 2. The zero-order chi connectivity index (χ0) is 18.8. The first kappa shape index (κ1) is 17.5. The lowest BCUT2D eigenvalue weighted by Gasteiger charge is -2.29. The number of urea groups is 1. The minimum atomic E-state index is -0.0624. The molecule has 0 aromatic heterocycles. The third-order valence-corrected chi connectivity index (χ3v) is 5.32. The number of hydrogen-bond acceptors (Lipinski definition) is 4. The Hall–Kier alpha value is -2.89. The number of benzene rings is 2. The average Bonchev–Trinajstić information content (AvgIpc) is 3.19. The molecule has 4 rings (SSSR count). The fraction of sp³-hybridized carbons (Fsp3) is 0.381. The second kappa shape index (κ2) is 7.39. The molecular weight excluding hydrogens is 342 g/mol. The van der Waals surface area contributed by atoms with Gasteiger partial charge in [0.2, 0.25) is 0 Å².